The van der Waals surface area contributed by atoms with Crippen LogP contribution in [0.2, 0.25) is 0 Å². The molecule has 0 saturated heterocycles. The largest absolute Gasteiger partial charge is 0.340 e. The Morgan fingerprint density at radius 3 is 1.60 bits per heavy atom. The van der Waals surface area contributed by atoms with Crippen LogP contribution >= 0.6 is 0 Å². The molecule has 14 aromatic rings. The molecule has 3 heteroatoms. The minimum atomic E-state index is -0.604. The molecule has 2 aliphatic rings. The molecule has 0 bridgehead atoms. The molecule has 0 fully saturated rings. The van der Waals surface area contributed by atoms with Crippen LogP contribution in [0.4, 0.5) is 17.1 Å². The van der Waals surface area contributed by atoms with Gasteiger partial charge in [-0.3, -0.25) is 0 Å². The minimum Gasteiger partial charge on any atom is -0.340 e. The van der Waals surface area contributed by atoms with Gasteiger partial charge in [0, 0.05) is 56.1 Å². The fourth-order valence-corrected chi connectivity index (χ4v) is 13.8. The van der Waals surface area contributed by atoms with E-state index >= 15 is 0 Å². The maximum Gasteiger partial charge on any atom is 0.0726 e. The predicted octanol–water partition coefficient (Wildman–Crippen LogP) is 19.6. The second-order valence-corrected chi connectivity index (χ2v) is 21.0. The third kappa shape index (κ3) is 6.26. The number of anilines is 3. The highest BCUT2D eigenvalue weighted by molar-refractivity contribution is 6.15. The van der Waals surface area contributed by atoms with Gasteiger partial charge in [0.05, 0.1) is 27.7 Å². The van der Waals surface area contributed by atoms with E-state index in [4.69, 9.17) is 0 Å². The van der Waals surface area contributed by atoms with Crippen molar-refractivity contribution in [1.29, 1.82) is 0 Å². The maximum atomic E-state index is 2.59. The van der Waals surface area contributed by atoms with Crippen molar-refractivity contribution in [3.05, 3.63) is 289 Å². The molecule has 2 heterocycles. The van der Waals surface area contributed by atoms with Gasteiger partial charge in [0.25, 0.3) is 0 Å². The number of para-hydroxylation sites is 3. The van der Waals surface area contributed by atoms with Crippen LogP contribution in [-0.2, 0) is 12.0 Å². The molecule has 362 valence electrons. The normalized spacial score (nSPS) is 12.9. The minimum absolute atomic E-state index is 0.604. The Hall–Kier alpha value is -9.70. The van der Waals surface area contributed by atoms with Crippen molar-refractivity contribution >= 4 is 71.4 Å². The summed E-state index contributed by atoms with van der Waals surface area (Å²) in [7, 11) is 0. The Kier molecular flexibility index (Phi) is 9.59. The van der Waals surface area contributed by atoms with E-state index in [-0.39, 0.29) is 0 Å². The summed E-state index contributed by atoms with van der Waals surface area (Å²) in [4.78, 5) is 2.58. The summed E-state index contributed by atoms with van der Waals surface area (Å²) in [5.41, 5.74) is 24.1. The van der Waals surface area contributed by atoms with E-state index in [1.807, 2.05) is 0 Å². The van der Waals surface area contributed by atoms with Gasteiger partial charge >= 0.3 is 0 Å². The lowest BCUT2D eigenvalue weighted by Crippen LogP contribution is -2.26. The van der Waals surface area contributed by atoms with Crippen LogP contribution in [0.1, 0.15) is 35.6 Å². The second-order valence-electron chi connectivity index (χ2n) is 21.0. The molecular formula is C74H51N3. The predicted molar refractivity (Wildman–Crippen MR) is 323 cm³/mol. The van der Waals surface area contributed by atoms with E-state index in [1.165, 1.54) is 121 Å². The number of rotatable bonds is 8. The van der Waals surface area contributed by atoms with Crippen LogP contribution in [0.5, 0.6) is 0 Å². The number of nitrogens with zero attached hydrogens (tertiary/aromatic N) is 3. The van der Waals surface area contributed by atoms with Crippen molar-refractivity contribution < 1.29 is 0 Å². The summed E-state index contributed by atoms with van der Waals surface area (Å²) in [5.74, 6) is 0. The van der Waals surface area contributed by atoms with Crippen molar-refractivity contribution in [2.75, 3.05) is 4.90 Å². The van der Waals surface area contributed by atoms with Crippen LogP contribution in [0.25, 0.3) is 105 Å². The number of aryl methyl sites for hydroxylation is 1. The standard InChI is InChI=1S/C74H51N3/c1-2-43-75-68-31-17-13-25-57(68)60-41-38-54(46-71(60)75)76(53-39-42-70-63(45-53)59-27-14-18-32-69(59)77(70)52-21-7-4-8-22-52)72-47-67-73(61-28-10-9-26-58(61)72)62-40-37-51(50-35-33-49(34-36-50)48-19-5-3-6-20-48)44-66(62)74(67)64-29-15-11-23-55(64)56-24-12-16-30-65(56)74/h3-42,44-47H,2,43H2,1H3. The zero-order valence-corrected chi connectivity index (χ0v) is 42.7. The van der Waals surface area contributed by atoms with Gasteiger partial charge in [-0.2, -0.15) is 0 Å². The zero-order chi connectivity index (χ0) is 50.8. The van der Waals surface area contributed by atoms with E-state index in [0.717, 1.165) is 35.7 Å². The van der Waals surface area contributed by atoms with Gasteiger partial charge in [-0.25, -0.2) is 0 Å². The first-order valence-corrected chi connectivity index (χ1v) is 27.1. The lowest BCUT2D eigenvalue weighted by atomic mass is 9.70. The van der Waals surface area contributed by atoms with Crippen LogP contribution in [-0.4, -0.2) is 9.13 Å². The molecule has 77 heavy (non-hydrogen) atoms. The smallest absolute Gasteiger partial charge is 0.0726 e. The highest BCUT2D eigenvalue weighted by atomic mass is 15.1. The fraction of sp³-hybridized carbons (Fsp3) is 0.0541. The van der Waals surface area contributed by atoms with Gasteiger partial charge in [-0.15, -0.1) is 0 Å². The molecular weight excluding hydrogens is 931 g/mol. The molecule has 1 spiro atoms. The lowest BCUT2D eigenvalue weighted by molar-refractivity contribution is 0.724. The first kappa shape index (κ1) is 43.7. The number of fused-ring (bicyclic) bond motifs is 18. The molecule has 0 N–H and O–H groups in total. The van der Waals surface area contributed by atoms with Crippen molar-refractivity contribution in [2.45, 2.75) is 25.3 Å². The quantitative estimate of drug-likeness (QED) is 0.148. The van der Waals surface area contributed by atoms with Crippen LogP contribution in [0, 0.1) is 0 Å². The van der Waals surface area contributed by atoms with Crippen molar-refractivity contribution in [1.82, 2.24) is 9.13 Å². The van der Waals surface area contributed by atoms with Gasteiger partial charge in [0.15, 0.2) is 0 Å². The van der Waals surface area contributed by atoms with Gasteiger partial charge in [0.2, 0.25) is 0 Å². The van der Waals surface area contributed by atoms with E-state index in [2.05, 4.69) is 288 Å². The van der Waals surface area contributed by atoms with Gasteiger partial charge in [-0.05, 0) is 145 Å². The zero-order valence-electron chi connectivity index (χ0n) is 42.7. The molecule has 2 aromatic heterocycles. The highest BCUT2D eigenvalue weighted by Gasteiger charge is 2.52. The Bertz CT molecular complexity index is 4650. The molecule has 0 aliphatic heterocycles. The SMILES string of the molecule is CCCn1c2ccccc2c2ccc(N(c3ccc4c(c3)c3ccccc3n4-c3ccccc3)c3cc4c(c5ccccc35)-c3ccc(-c5ccc(-c6ccccc6)cc5)cc3C43c4ccccc4-c4ccccc43)cc21. The van der Waals surface area contributed by atoms with Crippen molar-refractivity contribution in [3.63, 3.8) is 0 Å². The molecule has 3 nitrogen and oxygen atoms in total. The number of benzene rings is 12. The molecule has 16 rings (SSSR count). The molecule has 0 radical (unpaired) electrons. The second kappa shape index (κ2) is 16.9. The molecule has 0 saturated carbocycles. The Morgan fingerprint density at radius 2 is 0.870 bits per heavy atom. The molecule has 0 amide bonds. The molecule has 12 aromatic carbocycles. The van der Waals surface area contributed by atoms with Crippen molar-refractivity contribution in [3.8, 4) is 50.2 Å². The summed E-state index contributed by atoms with van der Waals surface area (Å²) in [6.45, 7) is 3.21. The summed E-state index contributed by atoms with van der Waals surface area (Å²) in [6.07, 6.45) is 1.03. The van der Waals surface area contributed by atoms with Gasteiger partial charge in [0.1, 0.15) is 0 Å². The monoisotopic (exact) mass is 981 g/mol. The molecule has 0 unspecified atom stereocenters. The van der Waals surface area contributed by atoms with Gasteiger partial charge < -0.3 is 14.0 Å². The first-order chi connectivity index (χ1) is 38.2. The highest BCUT2D eigenvalue weighted by Crippen LogP contribution is 2.65. The first-order valence-electron chi connectivity index (χ1n) is 27.1. The molecule has 2 aliphatic carbocycles. The van der Waals surface area contributed by atoms with E-state index in [1.54, 1.807) is 0 Å². The van der Waals surface area contributed by atoms with E-state index in [0.29, 0.717) is 0 Å². The van der Waals surface area contributed by atoms with Crippen LogP contribution < -0.4 is 4.90 Å². The summed E-state index contributed by atoms with van der Waals surface area (Å²) >= 11 is 0. The maximum absolute atomic E-state index is 2.59. The van der Waals surface area contributed by atoms with E-state index in [9.17, 15) is 0 Å². The Balaban J connectivity index is 0.992. The van der Waals surface area contributed by atoms with Crippen molar-refractivity contribution in [2.24, 2.45) is 0 Å². The third-order valence-corrected chi connectivity index (χ3v) is 17.0. The topological polar surface area (TPSA) is 13.1 Å². The number of hydrogen-bond donors (Lipinski definition) is 0. The van der Waals surface area contributed by atoms with Crippen LogP contribution in [0.15, 0.2) is 267 Å². The number of aromatic nitrogens is 2. The number of hydrogen-bond acceptors (Lipinski definition) is 1. The lowest BCUT2D eigenvalue weighted by Gasteiger charge is -2.33. The average Bonchev–Trinajstić information content (AvgIpc) is 4.31. The van der Waals surface area contributed by atoms with Crippen LogP contribution in [0.3, 0.4) is 0 Å². The summed E-state index contributed by atoms with van der Waals surface area (Å²) in [6, 6.07) is 100. The summed E-state index contributed by atoms with van der Waals surface area (Å²) in [5, 5.41) is 7.45. The Labute approximate surface area is 447 Å². The third-order valence-electron chi connectivity index (χ3n) is 17.0. The Morgan fingerprint density at radius 1 is 0.338 bits per heavy atom. The summed E-state index contributed by atoms with van der Waals surface area (Å²) < 4.78 is 4.95. The average molecular weight is 982 g/mol. The molecule has 0 atom stereocenters. The van der Waals surface area contributed by atoms with Gasteiger partial charge in [-0.1, -0.05) is 207 Å². The van der Waals surface area contributed by atoms with E-state index < -0.39 is 5.41 Å². The fourth-order valence-electron chi connectivity index (χ4n) is 13.8.